The molecule has 6 nitrogen and oxygen atoms in total. The summed E-state index contributed by atoms with van der Waals surface area (Å²) in [7, 11) is 0. The largest absolute Gasteiger partial charge is 0.338 e. The molecule has 5 rings (SSSR count). The number of thioether (sulfide) groups is 1. The van der Waals surface area contributed by atoms with E-state index in [-0.39, 0.29) is 11.7 Å². The number of benzene rings is 2. The fraction of sp³-hybridized carbons (Fsp3) is 0.200. The van der Waals surface area contributed by atoms with Crippen molar-refractivity contribution in [3.63, 3.8) is 0 Å². The van der Waals surface area contributed by atoms with Crippen LogP contribution in [0, 0.1) is 0 Å². The fourth-order valence-corrected chi connectivity index (χ4v) is 4.13. The molecule has 134 valence electrons. The molecule has 0 fully saturated rings. The number of nitrogens with zero attached hydrogens (tertiary/aromatic N) is 3. The Hall–Kier alpha value is -2.93. The van der Waals surface area contributed by atoms with Crippen LogP contribution in [0.2, 0.25) is 0 Å². The predicted octanol–water partition coefficient (Wildman–Crippen LogP) is 3.73. The number of carbonyl (C=O) groups is 1. The van der Waals surface area contributed by atoms with Crippen molar-refractivity contribution in [1.29, 1.82) is 0 Å². The quantitative estimate of drug-likeness (QED) is 0.531. The summed E-state index contributed by atoms with van der Waals surface area (Å²) in [5.74, 6) is 0.170. The van der Waals surface area contributed by atoms with Crippen LogP contribution in [0.3, 0.4) is 0 Å². The SMILES string of the molecule is O=C(CSc1nnc2c(n1)[nH]c1ccccc12)Nc1ccc2c(c1)CCC2. The minimum Gasteiger partial charge on any atom is -0.338 e. The highest BCUT2D eigenvalue weighted by atomic mass is 32.2. The zero-order valence-corrected chi connectivity index (χ0v) is 15.3. The average molecular weight is 375 g/mol. The predicted molar refractivity (Wildman–Crippen MR) is 107 cm³/mol. The Balaban J connectivity index is 1.28. The van der Waals surface area contributed by atoms with Gasteiger partial charge in [0.2, 0.25) is 11.1 Å². The highest BCUT2D eigenvalue weighted by molar-refractivity contribution is 7.99. The van der Waals surface area contributed by atoms with E-state index in [0.29, 0.717) is 10.8 Å². The van der Waals surface area contributed by atoms with Crippen molar-refractivity contribution in [2.24, 2.45) is 0 Å². The van der Waals surface area contributed by atoms with Crippen LogP contribution in [0.1, 0.15) is 17.5 Å². The van der Waals surface area contributed by atoms with Crippen LogP contribution in [-0.4, -0.2) is 31.8 Å². The Morgan fingerprint density at radius 1 is 1.11 bits per heavy atom. The number of aromatic nitrogens is 4. The van der Waals surface area contributed by atoms with Crippen molar-refractivity contribution in [2.75, 3.05) is 11.1 Å². The first-order chi connectivity index (χ1) is 13.3. The second-order valence-corrected chi connectivity index (χ2v) is 7.58. The van der Waals surface area contributed by atoms with Gasteiger partial charge in [0.05, 0.1) is 5.75 Å². The molecule has 2 aromatic carbocycles. The monoisotopic (exact) mass is 375 g/mol. The first-order valence-electron chi connectivity index (χ1n) is 8.92. The summed E-state index contributed by atoms with van der Waals surface area (Å²) in [5.41, 5.74) is 6.01. The Morgan fingerprint density at radius 3 is 2.96 bits per heavy atom. The first-order valence-corrected chi connectivity index (χ1v) is 9.90. The van der Waals surface area contributed by atoms with Crippen LogP contribution in [0.15, 0.2) is 47.6 Å². The van der Waals surface area contributed by atoms with Gasteiger partial charge in [0.1, 0.15) is 5.52 Å². The lowest BCUT2D eigenvalue weighted by molar-refractivity contribution is -0.113. The molecule has 1 aliphatic carbocycles. The number of aromatic amines is 1. The van der Waals surface area contributed by atoms with Crippen molar-refractivity contribution >= 4 is 45.4 Å². The van der Waals surface area contributed by atoms with Crippen molar-refractivity contribution in [2.45, 2.75) is 24.4 Å². The standard InChI is InChI=1S/C20H17N5OS/c26-17(21-14-9-8-12-4-3-5-13(12)10-14)11-27-20-23-19-18(24-25-20)15-6-1-2-7-16(15)22-19/h1-2,6-10H,3-5,11H2,(H,21,26)(H,22,23,25). The normalized spacial score (nSPS) is 13.2. The molecule has 0 aliphatic heterocycles. The van der Waals surface area contributed by atoms with E-state index in [1.807, 2.05) is 30.3 Å². The number of nitrogens with one attached hydrogen (secondary N) is 2. The molecule has 0 saturated carbocycles. The molecule has 1 aliphatic rings. The Bertz CT molecular complexity index is 1170. The van der Waals surface area contributed by atoms with Crippen LogP contribution < -0.4 is 5.32 Å². The van der Waals surface area contributed by atoms with Crippen molar-refractivity contribution in [1.82, 2.24) is 20.2 Å². The number of aryl methyl sites for hydroxylation is 2. The molecule has 27 heavy (non-hydrogen) atoms. The van der Waals surface area contributed by atoms with E-state index in [1.165, 1.54) is 29.3 Å². The van der Waals surface area contributed by atoms with Crippen LogP contribution in [-0.2, 0) is 17.6 Å². The molecule has 0 saturated heterocycles. The lowest BCUT2D eigenvalue weighted by Crippen LogP contribution is -2.14. The van der Waals surface area contributed by atoms with Gasteiger partial charge in [0.15, 0.2) is 5.65 Å². The molecular formula is C20H17N5OS. The summed E-state index contributed by atoms with van der Waals surface area (Å²) in [6.07, 6.45) is 3.43. The summed E-state index contributed by atoms with van der Waals surface area (Å²) in [6.45, 7) is 0. The summed E-state index contributed by atoms with van der Waals surface area (Å²) in [6, 6.07) is 14.1. The van der Waals surface area contributed by atoms with E-state index >= 15 is 0 Å². The molecule has 0 unspecified atom stereocenters. The highest BCUT2D eigenvalue weighted by Crippen LogP contribution is 2.26. The molecule has 2 N–H and O–H groups in total. The third kappa shape index (κ3) is 3.14. The van der Waals surface area contributed by atoms with E-state index in [4.69, 9.17) is 0 Å². The average Bonchev–Trinajstić information content (AvgIpc) is 3.29. The number of rotatable bonds is 4. The van der Waals surface area contributed by atoms with Gasteiger partial charge in [-0.2, -0.15) is 0 Å². The van der Waals surface area contributed by atoms with Crippen molar-refractivity contribution < 1.29 is 4.79 Å². The Labute approximate surface area is 159 Å². The van der Waals surface area contributed by atoms with Crippen LogP contribution in [0.25, 0.3) is 22.1 Å². The second-order valence-electron chi connectivity index (χ2n) is 6.64. The number of H-pyrrole nitrogens is 1. The minimum absolute atomic E-state index is 0.0710. The number of anilines is 1. The van der Waals surface area contributed by atoms with Crippen molar-refractivity contribution in [3.8, 4) is 0 Å². The number of hydrogen-bond donors (Lipinski definition) is 2. The number of fused-ring (bicyclic) bond motifs is 4. The van der Waals surface area contributed by atoms with Crippen molar-refractivity contribution in [3.05, 3.63) is 53.6 Å². The molecule has 0 spiro atoms. The summed E-state index contributed by atoms with van der Waals surface area (Å²) >= 11 is 1.28. The molecule has 2 aromatic heterocycles. The molecular weight excluding hydrogens is 358 g/mol. The number of amides is 1. The molecule has 2 heterocycles. The van der Waals surface area contributed by atoms with Crippen LogP contribution in [0.5, 0.6) is 0 Å². The molecule has 0 bridgehead atoms. The maximum atomic E-state index is 12.3. The molecule has 0 radical (unpaired) electrons. The minimum atomic E-state index is -0.0710. The van der Waals surface area contributed by atoms with E-state index in [9.17, 15) is 4.79 Å². The maximum Gasteiger partial charge on any atom is 0.234 e. The van der Waals surface area contributed by atoms with Gasteiger partial charge in [0, 0.05) is 16.6 Å². The molecule has 7 heteroatoms. The van der Waals surface area contributed by atoms with Gasteiger partial charge in [-0.3, -0.25) is 4.79 Å². The Morgan fingerprint density at radius 2 is 2.00 bits per heavy atom. The number of para-hydroxylation sites is 1. The van der Waals surface area contributed by atoms with Gasteiger partial charge in [0.25, 0.3) is 0 Å². The molecule has 4 aromatic rings. The topological polar surface area (TPSA) is 83.6 Å². The lowest BCUT2D eigenvalue weighted by Gasteiger charge is -2.07. The fourth-order valence-electron chi connectivity index (χ4n) is 3.54. The first kappa shape index (κ1) is 16.3. The second kappa shape index (κ2) is 6.66. The van der Waals surface area contributed by atoms with Crippen LogP contribution >= 0.6 is 11.8 Å². The Kier molecular flexibility index (Phi) is 4.01. The van der Waals surface area contributed by atoms with E-state index in [2.05, 4.69) is 37.6 Å². The zero-order valence-electron chi connectivity index (χ0n) is 14.5. The molecule has 1 amide bonds. The summed E-state index contributed by atoms with van der Waals surface area (Å²) in [5, 5.41) is 12.9. The van der Waals surface area contributed by atoms with Gasteiger partial charge in [-0.25, -0.2) is 4.98 Å². The number of carbonyl (C=O) groups excluding carboxylic acids is 1. The molecule has 0 atom stereocenters. The third-order valence-corrected chi connectivity index (χ3v) is 5.65. The lowest BCUT2D eigenvalue weighted by atomic mass is 10.1. The number of hydrogen-bond acceptors (Lipinski definition) is 5. The van der Waals surface area contributed by atoms with E-state index in [1.54, 1.807) is 0 Å². The smallest absolute Gasteiger partial charge is 0.234 e. The van der Waals surface area contributed by atoms with Gasteiger partial charge >= 0.3 is 0 Å². The van der Waals surface area contributed by atoms with Gasteiger partial charge < -0.3 is 10.3 Å². The summed E-state index contributed by atoms with van der Waals surface area (Å²) < 4.78 is 0. The van der Waals surface area contributed by atoms with Crippen LogP contribution in [0.4, 0.5) is 5.69 Å². The van der Waals surface area contributed by atoms with E-state index < -0.39 is 0 Å². The summed E-state index contributed by atoms with van der Waals surface area (Å²) in [4.78, 5) is 20.0. The van der Waals surface area contributed by atoms with E-state index in [0.717, 1.165) is 34.9 Å². The highest BCUT2D eigenvalue weighted by Gasteiger charge is 2.13. The van der Waals surface area contributed by atoms with Gasteiger partial charge in [-0.15, -0.1) is 10.2 Å². The van der Waals surface area contributed by atoms with Gasteiger partial charge in [-0.1, -0.05) is 36.0 Å². The van der Waals surface area contributed by atoms with Gasteiger partial charge in [-0.05, 0) is 48.6 Å². The third-order valence-electron chi connectivity index (χ3n) is 4.82. The maximum absolute atomic E-state index is 12.3. The zero-order chi connectivity index (χ0) is 18.2.